The zero-order valence-electron chi connectivity index (χ0n) is 17.4. The molecule has 4 rings (SSSR count). The number of carbonyl (C=O) groups excluding carboxylic acids is 1. The highest BCUT2D eigenvalue weighted by Crippen LogP contribution is 2.37. The van der Waals surface area contributed by atoms with Crippen molar-refractivity contribution in [2.75, 3.05) is 23.3 Å². The van der Waals surface area contributed by atoms with Crippen LogP contribution < -0.4 is 10.2 Å². The lowest BCUT2D eigenvalue weighted by Crippen LogP contribution is -2.33. The third-order valence-electron chi connectivity index (χ3n) is 5.36. The molecule has 1 aromatic heterocycles. The summed E-state index contributed by atoms with van der Waals surface area (Å²) in [4.78, 5) is 19.3. The molecule has 1 atom stereocenters. The predicted octanol–water partition coefficient (Wildman–Crippen LogP) is 3.88. The molecule has 160 valence electrons. The maximum absolute atomic E-state index is 13.1. The first kappa shape index (κ1) is 21.0. The Balaban J connectivity index is 1.66. The van der Waals surface area contributed by atoms with Crippen LogP contribution in [0.15, 0.2) is 77.8 Å². The third-order valence-corrected chi connectivity index (χ3v) is 7.42. The molecule has 31 heavy (non-hydrogen) atoms. The lowest BCUT2D eigenvalue weighted by atomic mass is 10.1. The van der Waals surface area contributed by atoms with Gasteiger partial charge in [-0.2, -0.15) is 4.31 Å². The Morgan fingerprint density at radius 2 is 1.65 bits per heavy atom. The molecular formula is C23H24N4O3S. The molecule has 0 saturated heterocycles. The molecular weight excluding hydrogens is 412 g/mol. The summed E-state index contributed by atoms with van der Waals surface area (Å²) in [7, 11) is -3.53. The Labute approximate surface area is 182 Å². The topological polar surface area (TPSA) is 82.6 Å². The maximum atomic E-state index is 13.1. The molecule has 0 fully saturated rings. The summed E-state index contributed by atoms with van der Waals surface area (Å²) < 4.78 is 26.9. The van der Waals surface area contributed by atoms with Crippen molar-refractivity contribution in [3.63, 3.8) is 0 Å². The number of pyridine rings is 1. The van der Waals surface area contributed by atoms with E-state index in [0.717, 1.165) is 5.56 Å². The highest BCUT2D eigenvalue weighted by atomic mass is 32.2. The number of hydrogen-bond acceptors (Lipinski definition) is 5. The van der Waals surface area contributed by atoms with Gasteiger partial charge in [-0.1, -0.05) is 38.1 Å². The number of nitrogens with one attached hydrogen (secondary N) is 1. The lowest BCUT2D eigenvalue weighted by Gasteiger charge is -2.26. The Morgan fingerprint density at radius 1 is 0.968 bits per heavy atom. The second-order valence-electron chi connectivity index (χ2n) is 7.11. The molecule has 1 N–H and O–H groups in total. The van der Waals surface area contributed by atoms with E-state index in [1.165, 1.54) is 4.31 Å². The molecule has 1 aliphatic heterocycles. The van der Waals surface area contributed by atoms with E-state index in [1.54, 1.807) is 53.6 Å². The van der Waals surface area contributed by atoms with E-state index < -0.39 is 16.2 Å². The Kier molecular flexibility index (Phi) is 5.75. The molecule has 0 bridgehead atoms. The van der Waals surface area contributed by atoms with Gasteiger partial charge in [-0.15, -0.1) is 0 Å². The van der Waals surface area contributed by atoms with Crippen LogP contribution in [0.4, 0.5) is 11.5 Å². The fourth-order valence-corrected chi connectivity index (χ4v) is 5.24. The van der Waals surface area contributed by atoms with Gasteiger partial charge in [0.25, 0.3) is 5.91 Å². The number of nitrogens with zero attached hydrogens (tertiary/aromatic N) is 3. The van der Waals surface area contributed by atoms with E-state index in [4.69, 9.17) is 0 Å². The summed E-state index contributed by atoms with van der Waals surface area (Å²) in [5.74, 6) is 0.412. The molecule has 0 radical (unpaired) electrons. The maximum Gasteiger partial charge on any atom is 0.261 e. The summed E-state index contributed by atoms with van der Waals surface area (Å²) in [6.45, 7) is 4.47. The highest BCUT2D eigenvalue weighted by Gasteiger charge is 2.38. The van der Waals surface area contributed by atoms with E-state index in [2.05, 4.69) is 10.3 Å². The summed E-state index contributed by atoms with van der Waals surface area (Å²) in [6.07, 6.45) is 1.19. The van der Waals surface area contributed by atoms with Gasteiger partial charge in [-0.3, -0.25) is 9.69 Å². The molecule has 3 aromatic rings. The minimum absolute atomic E-state index is 0.132. The van der Waals surface area contributed by atoms with Crippen LogP contribution in [-0.2, 0) is 10.0 Å². The van der Waals surface area contributed by atoms with Crippen molar-refractivity contribution < 1.29 is 13.2 Å². The summed E-state index contributed by atoms with van der Waals surface area (Å²) in [5, 5.41) is 3.37. The van der Waals surface area contributed by atoms with Crippen molar-refractivity contribution in [2.24, 2.45) is 0 Å². The third kappa shape index (κ3) is 3.80. The van der Waals surface area contributed by atoms with Crippen LogP contribution in [0.2, 0.25) is 0 Å². The average Bonchev–Trinajstić information content (AvgIpc) is 3.07. The monoisotopic (exact) mass is 436 g/mol. The fourth-order valence-electron chi connectivity index (χ4n) is 3.78. The number of fused-ring (bicyclic) bond motifs is 1. The normalized spacial score (nSPS) is 15.9. The molecule has 1 amide bonds. The van der Waals surface area contributed by atoms with Crippen molar-refractivity contribution in [2.45, 2.75) is 24.9 Å². The largest absolute Gasteiger partial charge is 0.361 e. The summed E-state index contributed by atoms with van der Waals surface area (Å²) >= 11 is 0. The number of aromatic nitrogens is 1. The van der Waals surface area contributed by atoms with Gasteiger partial charge < -0.3 is 5.32 Å². The first-order valence-electron chi connectivity index (χ1n) is 10.2. The number of sulfonamides is 1. The van der Waals surface area contributed by atoms with Gasteiger partial charge in [0.1, 0.15) is 12.0 Å². The smallest absolute Gasteiger partial charge is 0.261 e. The number of carbonyl (C=O) groups is 1. The Hall–Kier alpha value is -3.23. The molecule has 1 aliphatic rings. The van der Waals surface area contributed by atoms with Gasteiger partial charge >= 0.3 is 0 Å². The van der Waals surface area contributed by atoms with E-state index >= 15 is 0 Å². The van der Waals surface area contributed by atoms with E-state index in [0.29, 0.717) is 30.2 Å². The van der Waals surface area contributed by atoms with E-state index in [1.807, 2.05) is 38.1 Å². The van der Waals surface area contributed by atoms with Gasteiger partial charge in [0.15, 0.2) is 0 Å². The number of anilines is 2. The van der Waals surface area contributed by atoms with Crippen LogP contribution in [0.5, 0.6) is 0 Å². The van der Waals surface area contributed by atoms with Crippen LogP contribution in [0.1, 0.15) is 35.9 Å². The first-order valence-corrected chi connectivity index (χ1v) is 11.6. The quantitative estimate of drug-likeness (QED) is 0.608. The van der Waals surface area contributed by atoms with E-state index in [-0.39, 0.29) is 10.8 Å². The van der Waals surface area contributed by atoms with Gasteiger partial charge in [0.05, 0.1) is 4.90 Å². The van der Waals surface area contributed by atoms with Crippen LogP contribution in [0.3, 0.4) is 0 Å². The zero-order chi connectivity index (χ0) is 22.0. The molecule has 2 heterocycles. The molecule has 7 nitrogen and oxygen atoms in total. The van der Waals surface area contributed by atoms with Gasteiger partial charge in [-0.05, 0) is 42.5 Å². The zero-order valence-corrected chi connectivity index (χ0v) is 18.2. The number of benzene rings is 2. The standard InChI is InChI=1S/C23H24N4O3S/c1-3-26(4-2)31(29,30)18-14-12-17(13-15-18)25-22-19-9-5-6-10-20(19)23(28)27(22)21-11-7-8-16-24-21/h5-16,22,25H,3-4H2,1-2H3. The molecule has 1 unspecified atom stereocenters. The van der Waals surface area contributed by atoms with E-state index in [9.17, 15) is 13.2 Å². The van der Waals surface area contributed by atoms with Gasteiger partial charge in [0, 0.05) is 36.1 Å². The number of amides is 1. The number of rotatable bonds is 7. The lowest BCUT2D eigenvalue weighted by molar-refractivity contribution is 0.0992. The van der Waals surface area contributed by atoms with Crippen molar-refractivity contribution in [1.29, 1.82) is 0 Å². The van der Waals surface area contributed by atoms with Gasteiger partial charge in [0.2, 0.25) is 10.0 Å². The average molecular weight is 437 g/mol. The summed E-state index contributed by atoms with van der Waals surface area (Å²) in [6, 6.07) is 19.5. The van der Waals surface area contributed by atoms with Crippen LogP contribution in [-0.4, -0.2) is 36.7 Å². The van der Waals surface area contributed by atoms with Crippen molar-refractivity contribution in [3.8, 4) is 0 Å². The first-order chi connectivity index (χ1) is 15.0. The fraction of sp³-hybridized carbons (Fsp3) is 0.217. The van der Waals surface area contributed by atoms with Crippen LogP contribution in [0, 0.1) is 0 Å². The number of hydrogen-bond donors (Lipinski definition) is 1. The minimum Gasteiger partial charge on any atom is -0.361 e. The molecule has 0 saturated carbocycles. The molecule has 0 aliphatic carbocycles. The summed E-state index contributed by atoms with van der Waals surface area (Å²) in [5.41, 5.74) is 2.17. The van der Waals surface area contributed by atoms with Crippen LogP contribution in [0.25, 0.3) is 0 Å². The SMILES string of the molecule is CCN(CC)S(=O)(=O)c1ccc(NC2c3ccccc3C(=O)N2c2ccccn2)cc1. The molecule has 0 spiro atoms. The van der Waals surface area contributed by atoms with Crippen molar-refractivity contribution in [3.05, 3.63) is 84.1 Å². The van der Waals surface area contributed by atoms with Crippen molar-refractivity contribution >= 4 is 27.4 Å². The van der Waals surface area contributed by atoms with Crippen molar-refractivity contribution in [1.82, 2.24) is 9.29 Å². The Bertz CT molecular complexity index is 1180. The Morgan fingerprint density at radius 3 is 2.29 bits per heavy atom. The van der Waals surface area contributed by atoms with Gasteiger partial charge in [-0.25, -0.2) is 13.4 Å². The van der Waals surface area contributed by atoms with Crippen LogP contribution >= 0.6 is 0 Å². The second kappa shape index (κ2) is 8.49. The second-order valence-corrected chi connectivity index (χ2v) is 9.05. The minimum atomic E-state index is -3.53. The molecule has 8 heteroatoms. The molecule has 2 aromatic carbocycles. The predicted molar refractivity (Wildman–Crippen MR) is 120 cm³/mol. The highest BCUT2D eigenvalue weighted by molar-refractivity contribution is 7.89.